The summed E-state index contributed by atoms with van der Waals surface area (Å²) in [6.07, 6.45) is 2.77. The first-order chi connectivity index (χ1) is 13.1. The van der Waals surface area contributed by atoms with Gasteiger partial charge in [0.05, 0.1) is 5.69 Å². The van der Waals surface area contributed by atoms with Gasteiger partial charge in [0, 0.05) is 31.5 Å². The highest BCUT2D eigenvalue weighted by atomic mass is 16.5. The zero-order valence-corrected chi connectivity index (χ0v) is 15.4. The van der Waals surface area contributed by atoms with E-state index in [4.69, 9.17) is 4.52 Å². The van der Waals surface area contributed by atoms with Gasteiger partial charge in [-0.2, -0.15) is 10.1 Å². The number of anilines is 1. The number of carbonyl (C=O) groups excluding carboxylic acids is 1. The second-order valence-electron chi connectivity index (χ2n) is 6.75. The summed E-state index contributed by atoms with van der Waals surface area (Å²) < 4.78 is 6.90. The minimum Gasteiger partial charge on any atom is -0.339 e. The van der Waals surface area contributed by atoms with Gasteiger partial charge in [-0.25, -0.2) is 4.79 Å². The van der Waals surface area contributed by atoms with Crippen LogP contribution in [0.4, 0.5) is 10.6 Å². The van der Waals surface area contributed by atoms with Crippen molar-refractivity contribution in [1.29, 1.82) is 0 Å². The highest BCUT2D eigenvalue weighted by Crippen LogP contribution is 2.38. The molecule has 27 heavy (non-hydrogen) atoms. The fourth-order valence-electron chi connectivity index (χ4n) is 3.06. The van der Waals surface area contributed by atoms with Crippen LogP contribution in [0, 0.1) is 6.92 Å². The summed E-state index contributed by atoms with van der Waals surface area (Å²) >= 11 is 0. The summed E-state index contributed by atoms with van der Waals surface area (Å²) in [5.41, 5.74) is 2.79. The Balaban J connectivity index is 1.37. The number of nitrogens with one attached hydrogen (secondary N) is 2. The zero-order chi connectivity index (χ0) is 18.8. The third-order valence-electron chi connectivity index (χ3n) is 4.56. The van der Waals surface area contributed by atoms with Crippen molar-refractivity contribution >= 4 is 11.8 Å². The number of hydrogen-bond acceptors (Lipinski definition) is 5. The molecule has 2 amide bonds. The molecule has 8 nitrogen and oxygen atoms in total. The first-order valence-corrected chi connectivity index (χ1v) is 9.08. The molecular formula is C19H22N6O2. The molecule has 4 rings (SSSR count). The van der Waals surface area contributed by atoms with Crippen LogP contribution in [0.3, 0.4) is 0 Å². The molecule has 0 radical (unpaired) electrons. The number of aromatic nitrogens is 4. The Morgan fingerprint density at radius 1 is 1.30 bits per heavy atom. The standard InChI is InChI=1S/C19H22N6O2/c1-12-16(13-6-4-3-5-7-13)17(25(2)23-12)22-19(26)20-11-10-15-21-18(27-24-15)14-8-9-14/h3-7,14H,8-11H2,1-2H3,(H2,20,22,26). The average molecular weight is 366 g/mol. The van der Waals surface area contributed by atoms with Crippen molar-refractivity contribution in [3.8, 4) is 11.1 Å². The summed E-state index contributed by atoms with van der Waals surface area (Å²) in [6.45, 7) is 2.35. The largest absolute Gasteiger partial charge is 0.339 e. The van der Waals surface area contributed by atoms with Gasteiger partial charge < -0.3 is 9.84 Å². The van der Waals surface area contributed by atoms with Crippen molar-refractivity contribution in [3.05, 3.63) is 47.7 Å². The monoisotopic (exact) mass is 366 g/mol. The summed E-state index contributed by atoms with van der Waals surface area (Å²) in [6, 6.07) is 9.60. The first kappa shape index (κ1) is 17.3. The quantitative estimate of drug-likeness (QED) is 0.699. The Hall–Kier alpha value is -3.16. The number of aryl methyl sites for hydroxylation is 2. The van der Waals surface area contributed by atoms with Crippen LogP contribution in [0.25, 0.3) is 11.1 Å². The second kappa shape index (κ2) is 7.22. The number of hydrogen-bond donors (Lipinski definition) is 2. The number of benzene rings is 1. The van der Waals surface area contributed by atoms with Gasteiger partial charge in [-0.1, -0.05) is 35.5 Å². The summed E-state index contributed by atoms with van der Waals surface area (Å²) in [5.74, 6) is 2.43. The van der Waals surface area contributed by atoms with Crippen LogP contribution in [0.15, 0.2) is 34.9 Å². The van der Waals surface area contributed by atoms with Crippen LogP contribution in [-0.2, 0) is 13.5 Å². The van der Waals surface area contributed by atoms with Gasteiger partial charge in [-0.05, 0) is 25.3 Å². The van der Waals surface area contributed by atoms with Crippen LogP contribution >= 0.6 is 0 Å². The van der Waals surface area contributed by atoms with Gasteiger partial charge in [0.15, 0.2) is 5.82 Å². The van der Waals surface area contributed by atoms with Gasteiger partial charge in [0.2, 0.25) is 5.89 Å². The Labute approximate surface area is 157 Å². The van der Waals surface area contributed by atoms with Crippen molar-refractivity contribution in [2.75, 3.05) is 11.9 Å². The second-order valence-corrected chi connectivity index (χ2v) is 6.75. The van der Waals surface area contributed by atoms with Crippen molar-refractivity contribution in [1.82, 2.24) is 25.2 Å². The van der Waals surface area contributed by atoms with E-state index in [-0.39, 0.29) is 6.03 Å². The van der Waals surface area contributed by atoms with E-state index in [0.29, 0.717) is 36.4 Å². The number of carbonyl (C=O) groups is 1. The SMILES string of the molecule is Cc1nn(C)c(NC(=O)NCCc2noc(C3CC3)n2)c1-c1ccccc1. The molecule has 1 aliphatic rings. The Bertz CT molecular complexity index is 943. The molecule has 0 unspecified atom stereocenters. The van der Waals surface area contributed by atoms with E-state index in [2.05, 4.69) is 25.9 Å². The van der Waals surface area contributed by atoms with Gasteiger partial charge >= 0.3 is 6.03 Å². The minimum atomic E-state index is -0.291. The topological polar surface area (TPSA) is 97.9 Å². The van der Waals surface area contributed by atoms with Crippen LogP contribution in [0.5, 0.6) is 0 Å². The molecule has 1 saturated carbocycles. The van der Waals surface area contributed by atoms with E-state index in [0.717, 1.165) is 29.7 Å². The summed E-state index contributed by atoms with van der Waals surface area (Å²) in [7, 11) is 1.81. The average Bonchev–Trinajstić information content (AvgIpc) is 3.34. The summed E-state index contributed by atoms with van der Waals surface area (Å²) in [4.78, 5) is 16.7. The van der Waals surface area contributed by atoms with E-state index in [9.17, 15) is 4.79 Å². The van der Waals surface area contributed by atoms with Crippen molar-refractivity contribution in [2.45, 2.75) is 32.1 Å². The lowest BCUT2D eigenvalue weighted by Gasteiger charge is -2.10. The molecule has 1 aromatic carbocycles. The van der Waals surface area contributed by atoms with E-state index < -0.39 is 0 Å². The van der Waals surface area contributed by atoms with Gasteiger partial charge in [-0.15, -0.1) is 0 Å². The molecule has 2 heterocycles. The van der Waals surface area contributed by atoms with E-state index in [1.54, 1.807) is 4.68 Å². The highest BCUT2D eigenvalue weighted by molar-refractivity contribution is 5.93. The van der Waals surface area contributed by atoms with E-state index >= 15 is 0 Å². The fraction of sp³-hybridized carbons (Fsp3) is 0.368. The van der Waals surface area contributed by atoms with Gasteiger partial charge in [0.25, 0.3) is 0 Å². The predicted octanol–water partition coefficient (Wildman–Crippen LogP) is 3.02. The predicted molar refractivity (Wildman–Crippen MR) is 100 cm³/mol. The lowest BCUT2D eigenvalue weighted by molar-refractivity contribution is 0.252. The molecular weight excluding hydrogens is 344 g/mol. The molecule has 1 fully saturated rings. The number of amides is 2. The van der Waals surface area contributed by atoms with Crippen molar-refractivity contribution < 1.29 is 9.32 Å². The van der Waals surface area contributed by atoms with Crippen LogP contribution in [-0.4, -0.2) is 32.5 Å². The maximum absolute atomic E-state index is 12.3. The highest BCUT2D eigenvalue weighted by Gasteiger charge is 2.29. The molecule has 0 atom stereocenters. The molecule has 2 aromatic heterocycles. The molecule has 1 aliphatic carbocycles. The lowest BCUT2D eigenvalue weighted by atomic mass is 10.1. The molecule has 2 N–H and O–H groups in total. The number of nitrogens with zero attached hydrogens (tertiary/aromatic N) is 4. The Morgan fingerprint density at radius 2 is 2.07 bits per heavy atom. The van der Waals surface area contributed by atoms with E-state index in [1.807, 2.05) is 44.3 Å². The van der Waals surface area contributed by atoms with Gasteiger partial charge in [-0.3, -0.25) is 10.00 Å². The Kier molecular flexibility index (Phi) is 4.62. The van der Waals surface area contributed by atoms with Crippen LogP contribution in [0.2, 0.25) is 0 Å². The van der Waals surface area contributed by atoms with Crippen molar-refractivity contribution in [3.63, 3.8) is 0 Å². The maximum Gasteiger partial charge on any atom is 0.320 e. The lowest BCUT2D eigenvalue weighted by Crippen LogP contribution is -2.31. The Morgan fingerprint density at radius 3 is 2.81 bits per heavy atom. The fourth-order valence-corrected chi connectivity index (χ4v) is 3.06. The first-order valence-electron chi connectivity index (χ1n) is 9.08. The third-order valence-corrected chi connectivity index (χ3v) is 4.56. The van der Waals surface area contributed by atoms with E-state index in [1.165, 1.54) is 0 Å². The molecule has 3 aromatic rings. The molecule has 0 saturated heterocycles. The molecule has 0 aliphatic heterocycles. The number of rotatable bonds is 6. The molecule has 0 bridgehead atoms. The zero-order valence-electron chi connectivity index (χ0n) is 15.4. The summed E-state index contributed by atoms with van der Waals surface area (Å²) in [5, 5.41) is 14.1. The smallest absolute Gasteiger partial charge is 0.320 e. The molecule has 0 spiro atoms. The minimum absolute atomic E-state index is 0.291. The molecule has 8 heteroatoms. The van der Waals surface area contributed by atoms with Crippen molar-refractivity contribution in [2.24, 2.45) is 7.05 Å². The van der Waals surface area contributed by atoms with Crippen LogP contribution < -0.4 is 10.6 Å². The molecule has 140 valence electrons. The van der Waals surface area contributed by atoms with Gasteiger partial charge in [0.1, 0.15) is 5.82 Å². The maximum atomic E-state index is 12.3. The normalized spacial score (nSPS) is 13.6. The number of urea groups is 1. The third kappa shape index (κ3) is 3.84. The van der Waals surface area contributed by atoms with Crippen LogP contribution in [0.1, 0.15) is 36.2 Å².